The standard InChI is InChI=1S/C24H17F11N2O2/c25-21(26,24(33,34)35)15-4-1-3-14(9-15)12-37(13-20(38)23(30,31)32)16-5-2-6-17(10-16)39-18-7-8-36-19(11-18)22(27,28)29/h1-11,20,38H,12-13H2/t20-/m1/s1. The summed E-state index contributed by atoms with van der Waals surface area (Å²) in [6.45, 7) is -1.83. The third-order valence-electron chi connectivity index (χ3n) is 5.23. The van der Waals surface area contributed by atoms with Crippen LogP contribution in [0.4, 0.5) is 54.0 Å². The van der Waals surface area contributed by atoms with E-state index in [-0.39, 0.29) is 22.7 Å². The van der Waals surface area contributed by atoms with Gasteiger partial charge in [-0.3, -0.25) is 4.98 Å². The van der Waals surface area contributed by atoms with Gasteiger partial charge in [-0.15, -0.1) is 0 Å². The maximum Gasteiger partial charge on any atom is 0.458 e. The monoisotopic (exact) mass is 574 g/mol. The number of benzene rings is 2. The summed E-state index contributed by atoms with van der Waals surface area (Å²) in [5.41, 5.74) is -3.09. The molecule has 0 unspecified atom stereocenters. The molecule has 4 nitrogen and oxygen atoms in total. The maximum absolute atomic E-state index is 13.8. The van der Waals surface area contributed by atoms with Crippen molar-refractivity contribution < 1.29 is 58.1 Å². The lowest BCUT2D eigenvalue weighted by molar-refractivity contribution is -0.289. The fourth-order valence-electron chi connectivity index (χ4n) is 3.33. The van der Waals surface area contributed by atoms with E-state index in [1.54, 1.807) is 0 Å². The maximum atomic E-state index is 13.8. The number of nitrogens with zero attached hydrogens (tertiary/aromatic N) is 2. The highest BCUT2D eigenvalue weighted by Gasteiger charge is 2.58. The average molecular weight is 574 g/mol. The number of aliphatic hydroxyl groups excluding tert-OH is 1. The Kier molecular flexibility index (Phi) is 8.34. The van der Waals surface area contributed by atoms with E-state index in [4.69, 9.17) is 4.74 Å². The van der Waals surface area contributed by atoms with E-state index in [2.05, 4.69) is 4.98 Å². The predicted molar refractivity (Wildman–Crippen MR) is 115 cm³/mol. The molecule has 1 N–H and O–H groups in total. The Morgan fingerprint density at radius 3 is 2.05 bits per heavy atom. The van der Waals surface area contributed by atoms with Crippen LogP contribution in [0.15, 0.2) is 66.9 Å². The lowest BCUT2D eigenvalue weighted by atomic mass is 10.0. The molecule has 1 atom stereocenters. The highest BCUT2D eigenvalue weighted by molar-refractivity contribution is 5.52. The van der Waals surface area contributed by atoms with Crippen molar-refractivity contribution in [1.29, 1.82) is 0 Å². The van der Waals surface area contributed by atoms with Crippen LogP contribution in [0.5, 0.6) is 11.5 Å². The summed E-state index contributed by atoms with van der Waals surface area (Å²) >= 11 is 0. The van der Waals surface area contributed by atoms with E-state index in [0.717, 1.165) is 35.4 Å². The van der Waals surface area contributed by atoms with Crippen LogP contribution in [0.2, 0.25) is 0 Å². The van der Waals surface area contributed by atoms with Crippen molar-refractivity contribution in [2.45, 2.75) is 37.1 Å². The van der Waals surface area contributed by atoms with Crippen LogP contribution in [-0.4, -0.2) is 35.1 Å². The molecule has 0 spiro atoms. The average Bonchev–Trinajstić information content (AvgIpc) is 2.82. The molecule has 0 saturated carbocycles. The van der Waals surface area contributed by atoms with Gasteiger partial charge in [-0.1, -0.05) is 24.3 Å². The molecular formula is C24H17F11N2O2. The minimum atomic E-state index is -5.93. The molecule has 15 heteroatoms. The van der Waals surface area contributed by atoms with E-state index in [0.29, 0.717) is 18.2 Å². The van der Waals surface area contributed by atoms with Gasteiger partial charge in [0.15, 0.2) is 6.10 Å². The zero-order valence-corrected chi connectivity index (χ0v) is 19.2. The predicted octanol–water partition coefficient (Wildman–Crippen LogP) is 7.48. The molecule has 0 amide bonds. The molecule has 2 aromatic carbocycles. The van der Waals surface area contributed by atoms with Crippen molar-refractivity contribution in [3.8, 4) is 11.5 Å². The zero-order valence-electron chi connectivity index (χ0n) is 19.2. The first kappa shape index (κ1) is 29.9. The smallest absolute Gasteiger partial charge is 0.457 e. The van der Waals surface area contributed by atoms with Crippen molar-refractivity contribution in [2.24, 2.45) is 0 Å². The van der Waals surface area contributed by atoms with Gasteiger partial charge in [0.1, 0.15) is 17.2 Å². The highest BCUT2D eigenvalue weighted by Crippen LogP contribution is 2.44. The number of alkyl halides is 11. The second-order valence-electron chi connectivity index (χ2n) is 8.18. The fraction of sp³-hybridized carbons (Fsp3) is 0.292. The minimum absolute atomic E-state index is 0.117. The normalized spacial score (nSPS) is 13.7. The Hall–Kier alpha value is -3.62. The molecule has 0 aliphatic heterocycles. The molecular weight excluding hydrogens is 557 g/mol. The summed E-state index contributed by atoms with van der Waals surface area (Å²) in [6.07, 6.45) is -18.0. The van der Waals surface area contributed by atoms with Crippen molar-refractivity contribution >= 4 is 5.69 Å². The van der Waals surface area contributed by atoms with Gasteiger partial charge in [0, 0.05) is 36.1 Å². The number of anilines is 1. The third-order valence-corrected chi connectivity index (χ3v) is 5.23. The second kappa shape index (κ2) is 10.9. The third kappa shape index (κ3) is 7.49. The van der Waals surface area contributed by atoms with E-state index >= 15 is 0 Å². The first-order chi connectivity index (χ1) is 17.9. The Balaban J connectivity index is 1.95. The first-order valence-electron chi connectivity index (χ1n) is 10.7. The van der Waals surface area contributed by atoms with Crippen molar-refractivity contribution in [1.82, 2.24) is 4.98 Å². The molecule has 1 aromatic heterocycles. The SMILES string of the molecule is O[C@H](CN(Cc1cccc(C(F)(F)C(F)(F)F)c1)c1cccc(Oc2ccnc(C(F)(F)F)c2)c1)C(F)(F)F. The van der Waals surface area contributed by atoms with Crippen LogP contribution in [0.25, 0.3) is 0 Å². The van der Waals surface area contributed by atoms with Crippen molar-refractivity contribution in [2.75, 3.05) is 11.4 Å². The number of pyridine rings is 1. The number of aliphatic hydroxyl groups is 1. The lowest BCUT2D eigenvalue weighted by Gasteiger charge is -2.29. The molecule has 3 aromatic rings. The largest absolute Gasteiger partial charge is 0.458 e. The summed E-state index contributed by atoms with van der Waals surface area (Å²) in [5, 5.41) is 9.62. The van der Waals surface area contributed by atoms with Crippen LogP contribution >= 0.6 is 0 Å². The number of ether oxygens (including phenoxy) is 1. The molecule has 0 saturated heterocycles. The fourth-order valence-corrected chi connectivity index (χ4v) is 3.33. The van der Waals surface area contributed by atoms with Gasteiger partial charge in [-0.05, 0) is 29.8 Å². The summed E-state index contributed by atoms with van der Waals surface area (Å²) in [7, 11) is 0. The molecule has 39 heavy (non-hydrogen) atoms. The molecule has 212 valence electrons. The van der Waals surface area contributed by atoms with Crippen LogP contribution in [-0.2, 0) is 18.6 Å². The summed E-state index contributed by atoms with van der Waals surface area (Å²) in [4.78, 5) is 4.01. The number of rotatable bonds is 8. The van der Waals surface area contributed by atoms with Crippen molar-refractivity contribution in [3.63, 3.8) is 0 Å². The number of hydrogen-bond acceptors (Lipinski definition) is 4. The number of halogens is 11. The quantitative estimate of drug-likeness (QED) is 0.284. The van der Waals surface area contributed by atoms with Crippen LogP contribution < -0.4 is 9.64 Å². The summed E-state index contributed by atoms with van der Waals surface area (Å²) in [5.74, 6) is -5.72. The molecule has 0 fully saturated rings. The van der Waals surface area contributed by atoms with Gasteiger partial charge in [0.05, 0.1) is 6.54 Å². The van der Waals surface area contributed by atoms with Gasteiger partial charge in [-0.25, -0.2) is 0 Å². The van der Waals surface area contributed by atoms with E-state index in [9.17, 15) is 53.4 Å². The zero-order chi connectivity index (χ0) is 29.2. The minimum Gasteiger partial charge on any atom is -0.457 e. The molecule has 0 bridgehead atoms. The second-order valence-corrected chi connectivity index (χ2v) is 8.18. The van der Waals surface area contributed by atoms with Crippen LogP contribution in [0.3, 0.4) is 0 Å². The Morgan fingerprint density at radius 1 is 0.795 bits per heavy atom. The Labute approximate surface area is 213 Å². The molecule has 3 rings (SSSR count). The van der Waals surface area contributed by atoms with Gasteiger partial charge in [0.2, 0.25) is 0 Å². The van der Waals surface area contributed by atoms with Gasteiger partial charge in [-0.2, -0.15) is 48.3 Å². The summed E-state index contributed by atoms with van der Waals surface area (Å²) < 4.78 is 149. The molecule has 1 heterocycles. The van der Waals surface area contributed by atoms with Gasteiger partial charge >= 0.3 is 24.5 Å². The number of aromatic nitrogens is 1. The molecule has 0 aliphatic rings. The van der Waals surface area contributed by atoms with Crippen LogP contribution in [0, 0.1) is 0 Å². The van der Waals surface area contributed by atoms with Crippen molar-refractivity contribution in [3.05, 3.63) is 83.7 Å². The molecule has 0 aliphatic carbocycles. The Morgan fingerprint density at radius 2 is 1.44 bits per heavy atom. The number of hydrogen-bond donors (Lipinski definition) is 1. The van der Waals surface area contributed by atoms with Gasteiger partial charge < -0.3 is 14.7 Å². The molecule has 0 radical (unpaired) electrons. The van der Waals surface area contributed by atoms with E-state index < -0.39 is 54.9 Å². The first-order valence-corrected chi connectivity index (χ1v) is 10.7. The lowest BCUT2D eigenvalue weighted by Crippen LogP contribution is -2.41. The summed E-state index contributed by atoms with van der Waals surface area (Å²) in [6, 6.07) is 9.40. The Bertz CT molecular complexity index is 1270. The van der Waals surface area contributed by atoms with Gasteiger partial charge in [0.25, 0.3) is 0 Å². The topological polar surface area (TPSA) is 45.6 Å². The van der Waals surface area contributed by atoms with Crippen LogP contribution in [0.1, 0.15) is 16.8 Å². The van der Waals surface area contributed by atoms with E-state index in [1.165, 1.54) is 18.2 Å². The van der Waals surface area contributed by atoms with E-state index in [1.807, 2.05) is 0 Å². The highest BCUT2D eigenvalue weighted by atomic mass is 19.4.